The van der Waals surface area contributed by atoms with Crippen LogP contribution < -0.4 is 0 Å². The van der Waals surface area contributed by atoms with Crippen molar-refractivity contribution in [2.45, 2.75) is 90.8 Å². The molecule has 24 heteroatoms. The third kappa shape index (κ3) is 13.3. The van der Waals surface area contributed by atoms with E-state index in [-0.39, 0.29) is 54.4 Å². The van der Waals surface area contributed by atoms with Gasteiger partial charge in [0.15, 0.2) is 11.6 Å². The van der Waals surface area contributed by atoms with Crippen molar-refractivity contribution in [1.82, 2.24) is 39.3 Å². The van der Waals surface area contributed by atoms with Crippen molar-refractivity contribution in [3.63, 3.8) is 0 Å². The van der Waals surface area contributed by atoms with E-state index in [1.807, 2.05) is 6.08 Å². The van der Waals surface area contributed by atoms with Crippen LogP contribution in [0.3, 0.4) is 0 Å². The van der Waals surface area contributed by atoms with Gasteiger partial charge in [-0.15, -0.1) is 0 Å². The number of hydrogen-bond acceptors (Lipinski definition) is 11. The molecule has 2 aliphatic heterocycles. The second-order valence-corrected chi connectivity index (χ2v) is 22.6. The Bertz CT molecular complexity index is 3420. The van der Waals surface area contributed by atoms with E-state index >= 15 is 0 Å². The zero-order chi connectivity index (χ0) is 59.0. The molecule has 0 unspecified atom stereocenters. The number of aliphatic hydroxyl groups is 1. The fraction of sp³-hybridized carbons (Fsp3) is 0.368. The number of piperidine rings is 2. The first-order valence-electron chi connectivity index (χ1n) is 25.3. The van der Waals surface area contributed by atoms with E-state index in [1.165, 1.54) is 29.2 Å². The largest absolute Gasteiger partial charge is 0.444 e. The summed E-state index contributed by atoms with van der Waals surface area (Å²) in [5.74, 6) is -1.67. The van der Waals surface area contributed by atoms with Gasteiger partial charge in [-0.2, -0.15) is 36.5 Å². The molecule has 0 radical (unpaired) electrons. The van der Waals surface area contributed by atoms with Gasteiger partial charge in [-0.25, -0.2) is 32.7 Å². The highest BCUT2D eigenvalue weighted by Crippen LogP contribution is 2.48. The lowest BCUT2D eigenvalue weighted by Gasteiger charge is -2.45. The summed E-state index contributed by atoms with van der Waals surface area (Å²) in [7, 11) is 0. The number of aromatic nitrogens is 6. The summed E-state index contributed by atoms with van der Waals surface area (Å²) in [6.45, 7) is 10.7. The van der Waals surface area contributed by atoms with Gasteiger partial charge < -0.3 is 24.4 Å². The molecule has 4 aromatic heterocycles. The molecule has 15 nitrogen and oxygen atoms in total. The predicted octanol–water partition coefficient (Wildman–Crippen LogP) is 11.9. The van der Waals surface area contributed by atoms with Crippen LogP contribution in [0.1, 0.15) is 98.5 Å². The summed E-state index contributed by atoms with van der Waals surface area (Å²) in [5.41, 5.74) is 0.0473. The van der Waals surface area contributed by atoms with Gasteiger partial charge in [0, 0.05) is 38.6 Å². The number of fused-ring (bicyclic) bond motifs is 4. The molecule has 0 spiro atoms. The van der Waals surface area contributed by atoms with E-state index in [2.05, 4.69) is 36.1 Å². The normalized spacial score (nSPS) is 18.7. The number of likely N-dealkylation sites (tertiary alicyclic amines) is 2. The Morgan fingerprint density at radius 1 is 0.617 bits per heavy atom. The van der Waals surface area contributed by atoms with Crippen LogP contribution in [0.5, 0.6) is 0 Å². The van der Waals surface area contributed by atoms with Gasteiger partial charge in [0.05, 0.1) is 57.1 Å². The Morgan fingerprint density at radius 2 is 1.04 bits per heavy atom. The lowest BCUT2D eigenvalue weighted by atomic mass is 9.65. The molecule has 0 bridgehead atoms. The minimum atomic E-state index is -4.65. The SMILES string of the molecule is CC(C)(C)OC(=O)N1CCC2=Cc3c(cnn3-c3ccc(F)cc3)C[C@]2(C(=O)CO)C1.CC(C)(C)OC(=O)N1CCC2=Cc3c(cnn3-c3ccc(F)cc3)C[C@]2(C(=O)c2cc(C(F)(F)F)ccn2)C1.FC(F)(F)c1ccnc(Br)c1. The summed E-state index contributed by atoms with van der Waals surface area (Å²) < 4.78 is 118. The van der Waals surface area contributed by atoms with E-state index in [4.69, 9.17) is 9.47 Å². The van der Waals surface area contributed by atoms with Crippen molar-refractivity contribution < 1.29 is 68.9 Å². The number of carbonyl (C=O) groups excluding carboxylic acids is 4. The van der Waals surface area contributed by atoms with Crippen molar-refractivity contribution in [1.29, 1.82) is 0 Å². The van der Waals surface area contributed by atoms with Crippen molar-refractivity contribution in [3.05, 3.63) is 164 Å². The third-order valence-corrected chi connectivity index (χ3v) is 14.2. The lowest BCUT2D eigenvalue weighted by Crippen LogP contribution is -2.54. The number of rotatable bonds is 6. The standard InChI is InChI=1S/C28H26F4N4O3.C23H26FN3O4.C6H3BrF3N/c1-26(2,3)39-25(38)35-11-9-18-13-23-17(15-34-36(23)21-6-4-20(29)5-7-21)14-27(18,16-35)24(37)22-12-19(8-10-33-22)28(30,31)32;1-22(2,3)31-21(30)26-9-8-16-10-19-15(11-23(16,14-26)20(29)13-28)12-25-27(19)18-6-4-17(24)5-7-18;7-5-3-4(1-2-11-5)6(8,9)10/h4-8,10,12-13,15H,9,11,14,16H2,1-3H3;4-7,10,12,28H,8-9,11,13-14H2,1-3H3;1-3H/t27-;23-;/m00./s1. The molecule has 2 atom stereocenters. The number of Topliss-reactive ketones (excluding diaryl/α,β-unsaturated/α-hetero) is 2. The molecule has 4 aliphatic rings. The number of benzene rings is 2. The van der Waals surface area contributed by atoms with Gasteiger partial charge in [0.1, 0.15) is 39.7 Å². The lowest BCUT2D eigenvalue weighted by molar-refractivity contribution is -0.138. The van der Waals surface area contributed by atoms with Gasteiger partial charge in [0.25, 0.3) is 0 Å². The maximum absolute atomic E-state index is 14.1. The first-order valence-corrected chi connectivity index (χ1v) is 26.1. The predicted molar refractivity (Wildman–Crippen MR) is 283 cm³/mol. The van der Waals surface area contributed by atoms with Crippen molar-refractivity contribution in [2.75, 3.05) is 32.8 Å². The number of ether oxygens (including phenoxy) is 2. The van der Waals surface area contributed by atoms with Gasteiger partial charge >= 0.3 is 24.5 Å². The number of alkyl halides is 6. The Labute approximate surface area is 468 Å². The number of pyridine rings is 2. The summed E-state index contributed by atoms with van der Waals surface area (Å²) in [4.78, 5) is 63.3. The van der Waals surface area contributed by atoms with Crippen LogP contribution in [-0.2, 0) is 39.5 Å². The number of carbonyl (C=O) groups is 4. The fourth-order valence-electron chi connectivity index (χ4n) is 10.0. The van der Waals surface area contributed by atoms with E-state index in [9.17, 15) is 59.4 Å². The number of hydrogen-bond donors (Lipinski definition) is 1. The molecular formula is C57H55BrF8N8O7. The number of amides is 2. The Balaban J connectivity index is 0.000000182. The van der Waals surface area contributed by atoms with Crippen molar-refractivity contribution in [2.24, 2.45) is 10.8 Å². The van der Waals surface area contributed by atoms with Crippen LogP contribution in [0.4, 0.5) is 44.7 Å². The number of halogens is 9. The minimum absolute atomic E-state index is 0.0887. The minimum Gasteiger partial charge on any atom is -0.444 e. The highest BCUT2D eigenvalue weighted by molar-refractivity contribution is 9.10. The van der Waals surface area contributed by atoms with Crippen molar-refractivity contribution in [3.8, 4) is 11.4 Å². The van der Waals surface area contributed by atoms with E-state index in [1.54, 1.807) is 98.5 Å². The van der Waals surface area contributed by atoms with Crippen LogP contribution in [0, 0.1) is 22.5 Å². The average Bonchev–Trinajstić information content (AvgIpc) is 2.82. The molecule has 1 N–H and O–H groups in total. The quantitative estimate of drug-likeness (QED) is 0.0954. The molecule has 6 aromatic rings. The monoisotopic (exact) mass is 1190 g/mol. The first-order chi connectivity index (χ1) is 37.9. The summed E-state index contributed by atoms with van der Waals surface area (Å²) in [6.07, 6.45) is 0.225. The molecule has 428 valence electrons. The molecular weight excluding hydrogens is 1140 g/mol. The van der Waals surface area contributed by atoms with Crippen molar-refractivity contribution >= 4 is 51.8 Å². The molecule has 0 saturated carbocycles. The van der Waals surface area contributed by atoms with E-state index in [0.29, 0.717) is 47.6 Å². The van der Waals surface area contributed by atoms with Crippen LogP contribution in [0.25, 0.3) is 23.5 Å². The van der Waals surface area contributed by atoms with Gasteiger partial charge in [-0.05, 0) is 179 Å². The zero-order valence-corrected chi connectivity index (χ0v) is 46.2. The number of aliphatic hydroxyl groups excluding tert-OH is 1. The number of nitrogens with zero attached hydrogens (tertiary/aromatic N) is 8. The summed E-state index contributed by atoms with van der Waals surface area (Å²) >= 11 is 2.84. The molecule has 2 fully saturated rings. The molecule has 2 aromatic carbocycles. The van der Waals surface area contributed by atoms with Crippen LogP contribution in [-0.4, -0.2) is 112 Å². The third-order valence-electron chi connectivity index (χ3n) is 13.8. The highest BCUT2D eigenvalue weighted by atomic mass is 79.9. The maximum atomic E-state index is 14.1. The van der Waals surface area contributed by atoms with Crippen LogP contribution >= 0.6 is 15.9 Å². The molecule has 2 saturated heterocycles. The number of ketones is 2. The maximum Gasteiger partial charge on any atom is 0.416 e. The average molecular weight is 1200 g/mol. The zero-order valence-electron chi connectivity index (χ0n) is 44.6. The smallest absolute Gasteiger partial charge is 0.416 e. The molecule has 6 heterocycles. The van der Waals surface area contributed by atoms with Gasteiger partial charge in [0.2, 0.25) is 0 Å². The van der Waals surface area contributed by atoms with Gasteiger partial charge in [-0.1, -0.05) is 11.1 Å². The van der Waals surface area contributed by atoms with Gasteiger partial charge in [-0.3, -0.25) is 14.6 Å². The molecule has 81 heavy (non-hydrogen) atoms. The molecule has 2 aliphatic carbocycles. The summed E-state index contributed by atoms with van der Waals surface area (Å²) in [5, 5.41) is 18.6. The Hall–Kier alpha value is -7.60. The second-order valence-electron chi connectivity index (χ2n) is 21.8. The second kappa shape index (κ2) is 22.7. The molecule has 10 rings (SSSR count). The highest BCUT2D eigenvalue weighted by Gasteiger charge is 2.52. The first kappa shape index (κ1) is 59.5. The summed E-state index contributed by atoms with van der Waals surface area (Å²) in [6, 6.07) is 15.2. The van der Waals surface area contributed by atoms with Crippen LogP contribution in [0.2, 0.25) is 0 Å². The Morgan fingerprint density at radius 3 is 1.46 bits per heavy atom. The van der Waals surface area contributed by atoms with E-state index < -0.39 is 75.9 Å². The van der Waals surface area contributed by atoms with Crippen LogP contribution in [0.15, 0.2) is 113 Å². The fourth-order valence-corrected chi connectivity index (χ4v) is 10.4. The van der Waals surface area contributed by atoms with E-state index in [0.717, 1.165) is 53.5 Å². The topological polar surface area (TPSA) is 175 Å². The molecule has 2 amide bonds. The Kier molecular flexibility index (Phi) is 16.7.